The number of amides is 1. The maximum absolute atomic E-state index is 15.2. The van der Waals surface area contributed by atoms with Crippen LogP contribution in [0.1, 0.15) is 28.8 Å². The number of carbonyl (C=O) groups is 1. The molecule has 0 bridgehead atoms. The molecule has 1 saturated heterocycles. The average Bonchev–Trinajstić information content (AvgIpc) is 3.33. The van der Waals surface area contributed by atoms with E-state index in [0.717, 1.165) is 29.7 Å². The molecule has 7 nitrogen and oxygen atoms in total. The lowest BCUT2D eigenvalue weighted by atomic mass is 10.0. The van der Waals surface area contributed by atoms with Crippen LogP contribution in [-0.4, -0.2) is 49.1 Å². The molecule has 37 heavy (non-hydrogen) atoms. The number of rotatable bonds is 5. The number of ether oxygens (including phenoxy) is 1. The van der Waals surface area contributed by atoms with Gasteiger partial charge in [0, 0.05) is 56.2 Å². The van der Waals surface area contributed by atoms with E-state index in [2.05, 4.69) is 15.1 Å². The number of aryl methyl sites for hydroxylation is 1. The van der Waals surface area contributed by atoms with Gasteiger partial charge in [-0.3, -0.25) is 4.79 Å². The Balaban J connectivity index is 1.53. The van der Waals surface area contributed by atoms with E-state index in [9.17, 15) is 4.79 Å². The molecule has 5 rings (SSSR count). The fourth-order valence-electron chi connectivity index (χ4n) is 4.65. The van der Waals surface area contributed by atoms with Crippen LogP contribution in [0, 0.1) is 19.3 Å². The van der Waals surface area contributed by atoms with Crippen LogP contribution in [0.2, 0.25) is 0 Å². The number of furan rings is 1. The topological polar surface area (TPSA) is 72.0 Å². The van der Waals surface area contributed by atoms with Gasteiger partial charge < -0.3 is 19.4 Å². The van der Waals surface area contributed by atoms with Gasteiger partial charge in [0.1, 0.15) is 11.3 Å². The van der Waals surface area contributed by atoms with Gasteiger partial charge in [0.15, 0.2) is 11.4 Å². The summed E-state index contributed by atoms with van der Waals surface area (Å²) in [6, 6.07) is 12.7. The summed E-state index contributed by atoms with van der Waals surface area (Å²) in [5.41, 5.74) is 4.97. The summed E-state index contributed by atoms with van der Waals surface area (Å²) in [4.78, 5) is 21.8. The van der Waals surface area contributed by atoms with E-state index in [1.807, 2.05) is 25.1 Å². The van der Waals surface area contributed by atoms with Gasteiger partial charge in [0.2, 0.25) is 5.69 Å². The van der Waals surface area contributed by atoms with E-state index >= 15 is 4.39 Å². The molecule has 0 unspecified atom stereocenters. The summed E-state index contributed by atoms with van der Waals surface area (Å²) in [6.45, 7) is 11.0. The number of nitrogens with zero attached hydrogens (tertiary/aromatic N) is 3. The van der Waals surface area contributed by atoms with Crippen LogP contribution >= 0.6 is 0 Å². The summed E-state index contributed by atoms with van der Waals surface area (Å²) >= 11 is 0. The monoisotopic (exact) mass is 498 g/mol. The Morgan fingerprint density at radius 2 is 1.95 bits per heavy atom. The standard InChI is InChI=1S/C29H27FN4O3/c1-17-13-19(29(35)34(3)4)5-7-21(17)26-15-25-28(37-26)27(22(30)16-32-25)18-6-8-23(24(14-18)31-2)33-20-9-11-36-12-10-20/h5-8,13-16,20,33H,9-12H2,1,3-4H3. The predicted octanol–water partition coefficient (Wildman–Crippen LogP) is 6.45. The van der Waals surface area contributed by atoms with E-state index < -0.39 is 5.82 Å². The van der Waals surface area contributed by atoms with Gasteiger partial charge in [-0.05, 0) is 55.2 Å². The number of hydrogen-bond donors (Lipinski definition) is 1. The Labute approximate surface area is 214 Å². The summed E-state index contributed by atoms with van der Waals surface area (Å²) in [7, 11) is 3.42. The van der Waals surface area contributed by atoms with E-state index in [-0.39, 0.29) is 17.5 Å². The number of benzene rings is 2. The molecule has 0 atom stereocenters. The second-order valence-corrected chi connectivity index (χ2v) is 9.41. The smallest absolute Gasteiger partial charge is 0.253 e. The zero-order valence-electron chi connectivity index (χ0n) is 21.0. The van der Waals surface area contributed by atoms with Gasteiger partial charge in [-0.1, -0.05) is 12.1 Å². The number of halogens is 1. The van der Waals surface area contributed by atoms with Crippen molar-refractivity contribution in [1.29, 1.82) is 0 Å². The first-order valence-corrected chi connectivity index (χ1v) is 12.1. The van der Waals surface area contributed by atoms with Crippen molar-refractivity contribution >= 4 is 28.4 Å². The molecule has 0 radical (unpaired) electrons. The average molecular weight is 499 g/mol. The molecule has 1 aliphatic rings. The van der Waals surface area contributed by atoms with Crippen molar-refractivity contribution in [2.24, 2.45) is 0 Å². The molecule has 1 fully saturated rings. The summed E-state index contributed by atoms with van der Waals surface area (Å²) in [5, 5.41) is 3.43. The molecular weight excluding hydrogens is 471 g/mol. The number of pyridine rings is 1. The number of nitrogens with one attached hydrogen (secondary N) is 1. The minimum absolute atomic E-state index is 0.0874. The van der Waals surface area contributed by atoms with Crippen LogP contribution in [-0.2, 0) is 4.74 Å². The van der Waals surface area contributed by atoms with Crippen LogP contribution in [0.15, 0.2) is 53.1 Å². The van der Waals surface area contributed by atoms with Gasteiger partial charge in [-0.15, -0.1) is 0 Å². The lowest BCUT2D eigenvalue weighted by Gasteiger charge is -2.25. The fourth-order valence-corrected chi connectivity index (χ4v) is 4.65. The minimum Gasteiger partial charge on any atom is -0.454 e. The third-order valence-electron chi connectivity index (χ3n) is 6.63. The first kappa shape index (κ1) is 24.5. The summed E-state index contributed by atoms with van der Waals surface area (Å²) < 4.78 is 26.7. The van der Waals surface area contributed by atoms with Crippen LogP contribution in [0.5, 0.6) is 0 Å². The zero-order chi connectivity index (χ0) is 26.1. The van der Waals surface area contributed by atoms with Crippen molar-refractivity contribution < 1.29 is 18.3 Å². The molecule has 2 aromatic heterocycles. The Morgan fingerprint density at radius 1 is 1.16 bits per heavy atom. The third kappa shape index (κ3) is 4.78. The molecule has 1 aliphatic heterocycles. The highest BCUT2D eigenvalue weighted by molar-refractivity contribution is 5.96. The van der Waals surface area contributed by atoms with E-state index in [1.54, 1.807) is 38.4 Å². The van der Waals surface area contributed by atoms with Crippen molar-refractivity contribution in [3.63, 3.8) is 0 Å². The van der Waals surface area contributed by atoms with Gasteiger partial charge in [0.05, 0.1) is 18.3 Å². The lowest BCUT2D eigenvalue weighted by Crippen LogP contribution is -2.27. The molecule has 2 aromatic carbocycles. The number of aromatic nitrogens is 1. The Morgan fingerprint density at radius 3 is 2.65 bits per heavy atom. The Bertz CT molecular complexity index is 1530. The van der Waals surface area contributed by atoms with Gasteiger partial charge in [-0.2, -0.15) is 0 Å². The van der Waals surface area contributed by atoms with E-state index in [4.69, 9.17) is 15.7 Å². The van der Waals surface area contributed by atoms with Gasteiger partial charge in [-0.25, -0.2) is 14.2 Å². The zero-order valence-corrected chi connectivity index (χ0v) is 21.0. The van der Waals surface area contributed by atoms with Crippen LogP contribution in [0.4, 0.5) is 15.8 Å². The highest BCUT2D eigenvalue weighted by Gasteiger charge is 2.21. The first-order valence-electron chi connectivity index (χ1n) is 12.1. The van der Waals surface area contributed by atoms with Crippen LogP contribution < -0.4 is 5.32 Å². The van der Waals surface area contributed by atoms with Crippen LogP contribution in [0.25, 0.3) is 38.4 Å². The maximum atomic E-state index is 15.2. The number of hydrogen-bond acceptors (Lipinski definition) is 5. The third-order valence-corrected chi connectivity index (χ3v) is 6.63. The molecule has 1 amide bonds. The van der Waals surface area contributed by atoms with E-state index in [0.29, 0.717) is 46.9 Å². The highest BCUT2D eigenvalue weighted by Crippen LogP contribution is 2.39. The van der Waals surface area contributed by atoms with Crippen molar-refractivity contribution in [2.45, 2.75) is 25.8 Å². The number of carbonyl (C=O) groups excluding carboxylic acids is 1. The Hall–Kier alpha value is -4.22. The Kier molecular flexibility index (Phi) is 6.64. The molecule has 3 heterocycles. The number of anilines is 1. The number of fused-ring (bicyclic) bond motifs is 1. The first-order chi connectivity index (χ1) is 17.9. The lowest BCUT2D eigenvalue weighted by molar-refractivity contribution is 0.0827. The van der Waals surface area contributed by atoms with Gasteiger partial charge in [0.25, 0.3) is 5.91 Å². The fraction of sp³-hybridized carbons (Fsp3) is 0.276. The molecule has 8 heteroatoms. The molecular formula is C29H27FN4O3. The second kappa shape index (κ2) is 10.0. The quantitative estimate of drug-likeness (QED) is 0.320. The summed E-state index contributed by atoms with van der Waals surface area (Å²) in [5.74, 6) is -0.0901. The maximum Gasteiger partial charge on any atom is 0.253 e. The van der Waals surface area contributed by atoms with Gasteiger partial charge >= 0.3 is 0 Å². The molecule has 4 aromatic rings. The van der Waals surface area contributed by atoms with Crippen molar-refractivity contribution in [2.75, 3.05) is 32.6 Å². The second-order valence-electron chi connectivity index (χ2n) is 9.41. The summed E-state index contributed by atoms with van der Waals surface area (Å²) in [6.07, 6.45) is 2.92. The van der Waals surface area contributed by atoms with Crippen LogP contribution in [0.3, 0.4) is 0 Å². The van der Waals surface area contributed by atoms with Crippen molar-refractivity contribution in [1.82, 2.24) is 9.88 Å². The SMILES string of the molecule is [C-]#[N+]c1cc(-c2c(F)cnc3cc(-c4ccc(C(=O)N(C)C)cc4C)oc23)ccc1NC1CCOCC1. The molecule has 1 N–H and O–H groups in total. The highest BCUT2D eigenvalue weighted by atomic mass is 19.1. The van der Waals surface area contributed by atoms with Crippen molar-refractivity contribution in [3.8, 4) is 22.5 Å². The normalized spacial score (nSPS) is 13.9. The molecule has 0 aliphatic carbocycles. The van der Waals surface area contributed by atoms with E-state index in [1.165, 1.54) is 11.1 Å². The largest absolute Gasteiger partial charge is 0.454 e. The molecule has 188 valence electrons. The predicted molar refractivity (Wildman–Crippen MR) is 141 cm³/mol. The van der Waals surface area contributed by atoms with Crippen molar-refractivity contribution in [3.05, 3.63) is 77.0 Å². The molecule has 0 spiro atoms. The molecule has 0 saturated carbocycles. The minimum atomic E-state index is -0.530.